The molecule has 1 aromatic heterocycles. The molecule has 0 aliphatic rings. The lowest BCUT2D eigenvalue weighted by molar-refractivity contribution is -0.136. The third-order valence-electron chi connectivity index (χ3n) is 3.68. The average Bonchev–Trinajstić information content (AvgIpc) is 2.89. The average molecular weight is 295 g/mol. The van der Waals surface area contributed by atoms with Crippen molar-refractivity contribution in [3.05, 3.63) is 65.9 Å². The molecule has 1 N–H and O–H groups in total. The molecule has 0 bridgehead atoms. The van der Waals surface area contributed by atoms with Gasteiger partial charge in [0.05, 0.1) is 13.5 Å². The standard InChI is InChI=1S/C18H17NO3/c1-22-16-4-2-3-14(9-16)12-19-8-7-15-6-5-13(10-17(15)19)11-18(20)21/h2-10H,11-12H2,1H3,(H,20,21). The van der Waals surface area contributed by atoms with Gasteiger partial charge in [-0.15, -0.1) is 0 Å². The van der Waals surface area contributed by atoms with Gasteiger partial charge in [-0.05, 0) is 40.8 Å². The second kappa shape index (κ2) is 5.93. The van der Waals surface area contributed by atoms with E-state index >= 15 is 0 Å². The molecule has 1 heterocycles. The molecule has 4 nitrogen and oxygen atoms in total. The number of benzene rings is 2. The summed E-state index contributed by atoms with van der Waals surface area (Å²) in [6, 6.07) is 15.8. The van der Waals surface area contributed by atoms with Gasteiger partial charge in [0.2, 0.25) is 0 Å². The first-order valence-corrected chi connectivity index (χ1v) is 7.08. The van der Waals surface area contributed by atoms with Crippen LogP contribution in [-0.2, 0) is 17.8 Å². The van der Waals surface area contributed by atoms with Crippen molar-refractivity contribution in [3.63, 3.8) is 0 Å². The van der Waals surface area contributed by atoms with E-state index in [4.69, 9.17) is 9.84 Å². The number of aromatic nitrogens is 1. The summed E-state index contributed by atoms with van der Waals surface area (Å²) in [6.07, 6.45) is 2.06. The zero-order chi connectivity index (χ0) is 15.5. The summed E-state index contributed by atoms with van der Waals surface area (Å²) < 4.78 is 7.37. The Balaban J connectivity index is 1.94. The zero-order valence-electron chi connectivity index (χ0n) is 12.3. The van der Waals surface area contributed by atoms with E-state index in [0.717, 1.165) is 34.3 Å². The minimum Gasteiger partial charge on any atom is -0.497 e. The molecule has 0 aliphatic carbocycles. The van der Waals surface area contributed by atoms with Crippen LogP contribution in [0.4, 0.5) is 0 Å². The van der Waals surface area contributed by atoms with Crippen LogP contribution in [0.5, 0.6) is 5.75 Å². The van der Waals surface area contributed by atoms with Gasteiger partial charge in [0, 0.05) is 18.3 Å². The van der Waals surface area contributed by atoms with Crippen LogP contribution in [0, 0.1) is 0 Å². The molecule has 0 amide bonds. The maximum atomic E-state index is 10.9. The molecule has 0 unspecified atom stereocenters. The van der Waals surface area contributed by atoms with Gasteiger partial charge in [-0.2, -0.15) is 0 Å². The smallest absolute Gasteiger partial charge is 0.307 e. The third-order valence-corrected chi connectivity index (χ3v) is 3.68. The second-order valence-corrected chi connectivity index (χ2v) is 5.26. The van der Waals surface area contributed by atoms with Crippen LogP contribution < -0.4 is 4.74 Å². The molecule has 0 saturated carbocycles. The Bertz CT molecular complexity index is 820. The van der Waals surface area contributed by atoms with E-state index in [2.05, 4.69) is 10.6 Å². The van der Waals surface area contributed by atoms with Gasteiger partial charge >= 0.3 is 5.97 Å². The Hall–Kier alpha value is -2.75. The number of carbonyl (C=O) groups is 1. The molecule has 0 saturated heterocycles. The molecule has 0 radical (unpaired) electrons. The molecule has 0 aliphatic heterocycles. The van der Waals surface area contributed by atoms with Crippen LogP contribution in [-0.4, -0.2) is 22.8 Å². The lowest BCUT2D eigenvalue weighted by atomic mass is 10.1. The molecule has 0 fully saturated rings. The number of ether oxygens (including phenoxy) is 1. The molecule has 112 valence electrons. The second-order valence-electron chi connectivity index (χ2n) is 5.26. The molecule has 0 spiro atoms. The third kappa shape index (κ3) is 2.96. The van der Waals surface area contributed by atoms with Crippen LogP contribution in [0.3, 0.4) is 0 Å². The van der Waals surface area contributed by atoms with Crippen molar-refractivity contribution in [2.45, 2.75) is 13.0 Å². The van der Waals surface area contributed by atoms with Crippen molar-refractivity contribution in [1.82, 2.24) is 4.57 Å². The molecular weight excluding hydrogens is 278 g/mol. The highest BCUT2D eigenvalue weighted by molar-refractivity contribution is 5.82. The number of hydrogen-bond donors (Lipinski definition) is 1. The number of nitrogens with zero attached hydrogens (tertiary/aromatic N) is 1. The largest absolute Gasteiger partial charge is 0.497 e. The Labute approximate surface area is 128 Å². The maximum Gasteiger partial charge on any atom is 0.307 e. The lowest BCUT2D eigenvalue weighted by Crippen LogP contribution is -2.01. The molecule has 22 heavy (non-hydrogen) atoms. The lowest BCUT2D eigenvalue weighted by Gasteiger charge is -2.08. The Morgan fingerprint density at radius 3 is 2.77 bits per heavy atom. The number of rotatable bonds is 5. The van der Waals surface area contributed by atoms with Crippen molar-refractivity contribution in [2.75, 3.05) is 7.11 Å². The highest BCUT2D eigenvalue weighted by Crippen LogP contribution is 2.21. The minimum atomic E-state index is -0.815. The number of carboxylic acids is 1. The van der Waals surface area contributed by atoms with E-state index in [1.165, 1.54) is 0 Å². The highest BCUT2D eigenvalue weighted by Gasteiger charge is 2.06. The van der Waals surface area contributed by atoms with Crippen LogP contribution in [0.1, 0.15) is 11.1 Å². The number of hydrogen-bond acceptors (Lipinski definition) is 2. The summed E-state index contributed by atoms with van der Waals surface area (Å²) >= 11 is 0. The van der Waals surface area contributed by atoms with E-state index in [1.54, 1.807) is 7.11 Å². The summed E-state index contributed by atoms with van der Waals surface area (Å²) in [7, 11) is 1.66. The first-order valence-electron chi connectivity index (χ1n) is 7.08. The van der Waals surface area contributed by atoms with Crippen LogP contribution in [0.15, 0.2) is 54.7 Å². The van der Waals surface area contributed by atoms with Crippen molar-refractivity contribution >= 4 is 16.9 Å². The first kappa shape index (κ1) is 14.2. The van der Waals surface area contributed by atoms with Gasteiger partial charge in [0.15, 0.2) is 0 Å². The number of aliphatic carboxylic acids is 1. The van der Waals surface area contributed by atoms with Gasteiger partial charge < -0.3 is 14.4 Å². The molecular formula is C18H17NO3. The Morgan fingerprint density at radius 2 is 2.00 bits per heavy atom. The van der Waals surface area contributed by atoms with E-state index in [-0.39, 0.29) is 6.42 Å². The zero-order valence-corrected chi connectivity index (χ0v) is 12.3. The Morgan fingerprint density at radius 1 is 1.14 bits per heavy atom. The van der Waals surface area contributed by atoms with Crippen molar-refractivity contribution < 1.29 is 14.6 Å². The van der Waals surface area contributed by atoms with Gasteiger partial charge in [-0.1, -0.05) is 24.3 Å². The summed E-state index contributed by atoms with van der Waals surface area (Å²) in [5.41, 5.74) is 2.99. The molecule has 3 aromatic rings. The fourth-order valence-corrected chi connectivity index (χ4v) is 2.62. The van der Waals surface area contributed by atoms with Crippen LogP contribution >= 0.6 is 0 Å². The maximum absolute atomic E-state index is 10.9. The summed E-state index contributed by atoms with van der Waals surface area (Å²) in [6.45, 7) is 0.719. The van der Waals surface area contributed by atoms with E-state index in [9.17, 15) is 4.79 Å². The van der Waals surface area contributed by atoms with Gasteiger partial charge in [-0.25, -0.2) is 0 Å². The van der Waals surface area contributed by atoms with Gasteiger partial charge in [-0.3, -0.25) is 4.79 Å². The predicted molar refractivity (Wildman–Crippen MR) is 85.4 cm³/mol. The quantitative estimate of drug-likeness (QED) is 0.785. The summed E-state index contributed by atoms with van der Waals surface area (Å²) in [4.78, 5) is 10.9. The van der Waals surface area contributed by atoms with Crippen molar-refractivity contribution in [1.29, 1.82) is 0 Å². The molecule has 3 rings (SSSR count). The fraction of sp³-hybridized carbons (Fsp3) is 0.167. The van der Waals surface area contributed by atoms with Crippen LogP contribution in [0.2, 0.25) is 0 Å². The number of fused-ring (bicyclic) bond motifs is 1. The molecule has 0 atom stereocenters. The van der Waals surface area contributed by atoms with E-state index < -0.39 is 5.97 Å². The fourth-order valence-electron chi connectivity index (χ4n) is 2.62. The highest BCUT2D eigenvalue weighted by atomic mass is 16.5. The SMILES string of the molecule is COc1cccc(Cn2ccc3ccc(CC(=O)O)cc32)c1. The first-order chi connectivity index (χ1) is 10.7. The topological polar surface area (TPSA) is 51.5 Å². The van der Waals surface area contributed by atoms with Crippen molar-refractivity contribution in [2.24, 2.45) is 0 Å². The molecule has 4 heteroatoms. The number of methoxy groups -OCH3 is 1. The van der Waals surface area contributed by atoms with E-state index in [1.807, 2.05) is 48.7 Å². The van der Waals surface area contributed by atoms with Gasteiger partial charge in [0.1, 0.15) is 5.75 Å². The van der Waals surface area contributed by atoms with E-state index in [0.29, 0.717) is 0 Å². The van der Waals surface area contributed by atoms with Crippen LogP contribution in [0.25, 0.3) is 10.9 Å². The summed E-state index contributed by atoms with van der Waals surface area (Å²) in [5.74, 6) is 0.0192. The summed E-state index contributed by atoms with van der Waals surface area (Å²) in [5, 5.41) is 10.0. The minimum absolute atomic E-state index is 0.0419. The van der Waals surface area contributed by atoms with Gasteiger partial charge in [0.25, 0.3) is 0 Å². The van der Waals surface area contributed by atoms with Crippen molar-refractivity contribution in [3.8, 4) is 5.75 Å². The monoisotopic (exact) mass is 295 g/mol. The number of carboxylic acid groups (broad SMARTS) is 1. The Kier molecular flexibility index (Phi) is 3.83. The normalized spacial score (nSPS) is 10.8. The predicted octanol–water partition coefficient (Wildman–Crippen LogP) is 3.33. The molecule has 2 aromatic carbocycles.